The molecule has 1 aliphatic carbocycles. The van der Waals surface area contributed by atoms with E-state index in [4.69, 9.17) is 4.74 Å². The number of rotatable bonds is 6. The van der Waals surface area contributed by atoms with E-state index in [2.05, 4.69) is 32.7 Å². The zero-order valence-electron chi connectivity index (χ0n) is 13.7. The molecule has 1 aliphatic rings. The first kappa shape index (κ1) is 17.4. The van der Waals surface area contributed by atoms with Gasteiger partial charge >= 0.3 is 5.97 Å². The summed E-state index contributed by atoms with van der Waals surface area (Å²) in [5.41, 5.74) is -0.572. The summed E-state index contributed by atoms with van der Waals surface area (Å²) in [7, 11) is 2.07. The molecular weight excluding hydrogens is 254 g/mol. The highest BCUT2D eigenvalue weighted by molar-refractivity contribution is 5.72. The van der Waals surface area contributed by atoms with Gasteiger partial charge < -0.3 is 9.84 Å². The van der Waals surface area contributed by atoms with E-state index in [1.807, 2.05) is 6.92 Å². The molecule has 4 heteroatoms. The predicted octanol–water partition coefficient (Wildman–Crippen LogP) is 2.59. The van der Waals surface area contributed by atoms with Crippen molar-refractivity contribution in [2.75, 3.05) is 20.2 Å². The minimum atomic E-state index is -0.663. The molecule has 1 N–H and O–H groups in total. The quantitative estimate of drug-likeness (QED) is 0.762. The number of aliphatic hydroxyl groups is 1. The van der Waals surface area contributed by atoms with E-state index < -0.39 is 5.60 Å². The highest BCUT2D eigenvalue weighted by Crippen LogP contribution is 2.34. The van der Waals surface area contributed by atoms with Crippen LogP contribution in [0.1, 0.15) is 59.8 Å². The molecule has 0 atom stereocenters. The fourth-order valence-electron chi connectivity index (χ4n) is 2.73. The number of nitrogens with zero attached hydrogens (tertiary/aromatic N) is 1. The van der Waals surface area contributed by atoms with E-state index in [1.54, 1.807) is 0 Å². The number of carbonyl (C=O) groups excluding carboxylic acids is 1. The fourth-order valence-corrected chi connectivity index (χ4v) is 2.73. The second-order valence-corrected chi connectivity index (χ2v) is 6.77. The van der Waals surface area contributed by atoms with Crippen LogP contribution in [0.4, 0.5) is 0 Å². The molecule has 1 saturated carbocycles. The van der Waals surface area contributed by atoms with E-state index in [9.17, 15) is 9.90 Å². The summed E-state index contributed by atoms with van der Waals surface area (Å²) in [5.74, 6) is -0.128. The molecule has 0 aliphatic heterocycles. The number of hydrogen-bond donors (Lipinski definition) is 1. The number of hydrogen-bond acceptors (Lipinski definition) is 4. The van der Waals surface area contributed by atoms with Crippen LogP contribution in [-0.2, 0) is 9.53 Å². The van der Waals surface area contributed by atoms with Crippen molar-refractivity contribution in [2.24, 2.45) is 5.92 Å². The summed E-state index contributed by atoms with van der Waals surface area (Å²) < 4.78 is 5.07. The van der Waals surface area contributed by atoms with E-state index in [0.29, 0.717) is 26.0 Å². The maximum Gasteiger partial charge on any atom is 0.308 e. The standard InChI is InChI=1S/C16H31NO3/c1-6-15(3,4)17(5)12-16(19)10-8-13(9-11-16)14(18)20-7-2/h13,19H,6-12H2,1-5H3. The number of likely N-dealkylation sites (N-methyl/N-ethyl adjacent to an activating group) is 1. The van der Waals surface area contributed by atoms with Crippen LogP contribution in [0.25, 0.3) is 0 Å². The number of β-amino-alcohol motifs (C(OH)–C–C–N with tert-alkyl or cyclic N) is 1. The summed E-state index contributed by atoms with van der Waals surface area (Å²) in [4.78, 5) is 14.0. The average molecular weight is 285 g/mol. The van der Waals surface area contributed by atoms with Crippen molar-refractivity contribution in [1.29, 1.82) is 0 Å². The molecule has 0 aromatic carbocycles. The van der Waals surface area contributed by atoms with Gasteiger partial charge in [0.05, 0.1) is 18.1 Å². The van der Waals surface area contributed by atoms with Gasteiger partial charge in [-0.3, -0.25) is 9.69 Å². The van der Waals surface area contributed by atoms with Crippen LogP contribution in [0.2, 0.25) is 0 Å². The van der Waals surface area contributed by atoms with Crippen molar-refractivity contribution < 1.29 is 14.6 Å². The van der Waals surface area contributed by atoms with Gasteiger partial charge in [0.15, 0.2) is 0 Å². The lowest BCUT2D eigenvalue weighted by atomic mass is 9.78. The first-order chi connectivity index (χ1) is 9.24. The van der Waals surface area contributed by atoms with Gasteiger partial charge in [0.25, 0.3) is 0 Å². The van der Waals surface area contributed by atoms with E-state index in [1.165, 1.54) is 0 Å². The zero-order valence-corrected chi connectivity index (χ0v) is 13.7. The zero-order chi connectivity index (χ0) is 15.4. The third kappa shape index (κ3) is 4.45. The molecule has 0 aromatic heterocycles. The Hall–Kier alpha value is -0.610. The molecule has 0 unspecified atom stereocenters. The molecule has 4 nitrogen and oxygen atoms in total. The minimum Gasteiger partial charge on any atom is -0.466 e. The molecule has 1 fully saturated rings. The SMILES string of the molecule is CCOC(=O)C1CCC(O)(CN(C)C(C)(C)CC)CC1. The topological polar surface area (TPSA) is 49.8 Å². The van der Waals surface area contributed by atoms with Crippen molar-refractivity contribution in [3.8, 4) is 0 Å². The van der Waals surface area contributed by atoms with Crippen molar-refractivity contribution in [1.82, 2.24) is 4.90 Å². The molecule has 0 amide bonds. The summed E-state index contributed by atoms with van der Waals surface area (Å²) >= 11 is 0. The Kier molecular flexibility index (Phi) is 6.02. The van der Waals surface area contributed by atoms with Crippen molar-refractivity contribution in [3.63, 3.8) is 0 Å². The Bertz CT molecular complexity index is 320. The van der Waals surface area contributed by atoms with Gasteiger partial charge in [-0.25, -0.2) is 0 Å². The Balaban J connectivity index is 2.52. The second-order valence-electron chi connectivity index (χ2n) is 6.77. The smallest absolute Gasteiger partial charge is 0.308 e. The van der Waals surface area contributed by atoms with Crippen molar-refractivity contribution >= 4 is 5.97 Å². The first-order valence-electron chi connectivity index (χ1n) is 7.84. The minimum absolute atomic E-state index is 0.0280. The Morgan fingerprint density at radius 3 is 2.35 bits per heavy atom. The highest BCUT2D eigenvalue weighted by atomic mass is 16.5. The number of carbonyl (C=O) groups is 1. The van der Waals surface area contributed by atoms with Crippen LogP contribution < -0.4 is 0 Å². The van der Waals surface area contributed by atoms with E-state index >= 15 is 0 Å². The second kappa shape index (κ2) is 6.90. The maximum absolute atomic E-state index is 11.7. The van der Waals surface area contributed by atoms with Crippen molar-refractivity contribution in [3.05, 3.63) is 0 Å². The molecule has 0 aromatic rings. The molecule has 0 saturated heterocycles. The summed E-state index contributed by atoms with van der Waals surface area (Å²) in [6, 6.07) is 0. The maximum atomic E-state index is 11.7. The van der Waals surface area contributed by atoms with Crippen LogP contribution in [0, 0.1) is 5.92 Å². The van der Waals surface area contributed by atoms with Crippen molar-refractivity contribution in [2.45, 2.75) is 70.9 Å². The third-order valence-electron chi connectivity index (χ3n) is 4.97. The normalized spacial score (nSPS) is 27.6. The predicted molar refractivity (Wildman–Crippen MR) is 80.5 cm³/mol. The molecule has 0 heterocycles. The van der Waals surface area contributed by atoms with Crippen LogP contribution in [0.5, 0.6) is 0 Å². The average Bonchev–Trinajstić information content (AvgIpc) is 2.39. The fraction of sp³-hybridized carbons (Fsp3) is 0.938. The van der Waals surface area contributed by atoms with Crippen LogP contribution in [0.3, 0.4) is 0 Å². The van der Waals surface area contributed by atoms with Crippen LogP contribution >= 0.6 is 0 Å². The third-order valence-corrected chi connectivity index (χ3v) is 4.97. The first-order valence-corrected chi connectivity index (χ1v) is 7.84. The van der Waals surface area contributed by atoms with Gasteiger partial charge in [0.2, 0.25) is 0 Å². The van der Waals surface area contributed by atoms with Gasteiger partial charge in [0, 0.05) is 12.1 Å². The van der Waals surface area contributed by atoms with Gasteiger partial charge in [-0.2, -0.15) is 0 Å². The summed E-state index contributed by atoms with van der Waals surface area (Å²) in [5, 5.41) is 10.7. The van der Waals surface area contributed by atoms with E-state index in [0.717, 1.165) is 19.3 Å². The lowest BCUT2D eigenvalue weighted by Gasteiger charge is -2.43. The molecule has 118 valence electrons. The van der Waals surface area contributed by atoms with E-state index in [-0.39, 0.29) is 17.4 Å². The highest BCUT2D eigenvalue weighted by Gasteiger charge is 2.38. The van der Waals surface area contributed by atoms with Gasteiger partial charge in [-0.1, -0.05) is 6.92 Å². The summed E-state index contributed by atoms with van der Waals surface area (Å²) in [6.07, 6.45) is 3.87. The molecule has 0 bridgehead atoms. The van der Waals surface area contributed by atoms with Gasteiger partial charge in [-0.05, 0) is 59.9 Å². The Morgan fingerprint density at radius 1 is 1.35 bits per heavy atom. The summed E-state index contributed by atoms with van der Waals surface area (Å²) in [6.45, 7) is 9.49. The molecule has 0 spiro atoms. The lowest BCUT2D eigenvalue weighted by Crippen LogP contribution is -2.51. The number of esters is 1. The Morgan fingerprint density at radius 2 is 1.90 bits per heavy atom. The van der Waals surface area contributed by atoms with Crippen LogP contribution in [-0.4, -0.2) is 47.3 Å². The number of ether oxygens (including phenoxy) is 1. The molecule has 0 radical (unpaired) electrons. The Labute approximate surface area is 123 Å². The molecular formula is C16H31NO3. The van der Waals surface area contributed by atoms with Gasteiger partial charge in [0.1, 0.15) is 0 Å². The molecule has 20 heavy (non-hydrogen) atoms. The molecule has 1 rings (SSSR count). The van der Waals surface area contributed by atoms with Crippen LogP contribution in [0.15, 0.2) is 0 Å². The lowest BCUT2D eigenvalue weighted by molar-refractivity contribution is -0.151. The largest absolute Gasteiger partial charge is 0.466 e. The monoisotopic (exact) mass is 285 g/mol. The van der Waals surface area contributed by atoms with Gasteiger partial charge in [-0.15, -0.1) is 0 Å².